The monoisotopic (exact) mass is 223 g/mol. The van der Waals surface area contributed by atoms with Crippen LogP contribution in [0, 0.1) is 0 Å². The molecule has 0 aliphatic heterocycles. The number of carbonyl (C=O) groups is 1. The van der Waals surface area contributed by atoms with E-state index in [0.717, 1.165) is 0 Å². The maximum absolute atomic E-state index is 10.7. The Bertz CT molecular complexity index is 525. The van der Waals surface area contributed by atoms with Gasteiger partial charge in [-0.05, 0) is 12.1 Å². The smallest absolute Gasteiger partial charge is 0.335 e. The van der Waals surface area contributed by atoms with Gasteiger partial charge in [-0.3, -0.25) is 4.98 Å². The Kier molecular flexibility index (Phi) is 2.21. The Hall–Kier alpha value is -1.07. The molecule has 0 saturated carbocycles. The van der Waals surface area contributed by atoms with Gasteiger partial charge in [0, 0.05) is 4.91 Å². The lowest BCUT2D eigenvalue weighted by Crippen LogP contribution is -1.97. The summed E-state index contributed by atoms with van der Waals surface area (Å²) in [5, 5.41) is 9.08. The van der Waals surface area contributed by atoms with E-state index >= 15 is 0 Å². The first kappa shape index (κ1) is 9.49. The third-order valence-corrected chi connectivity index (χ3v) is 2.83. The highest BCUT2D eigenvalue weighted by atomic mass is 35.5. The molecule has 0 unspecified atom stereocenters. The molecule has 0 spiro atoms. The third-order valence-electron chi connectivity index (χ3n) is 1.71. The van der Waals surface area contributed by atoms with Crippen LogP contribution in [0.2, 0.25) is 5.02 Å². The van der Waals surface area contributed by atoms with Crippen molar-refractivity contribution in [1.29, 1.82) is 0 Å². The number of halogens is 1. The van der Waals surface area contributed by atoms with Crippen LogP contribution in [-0.2, 0) is 0 Å². The van der Waals surface area contributed by atoms with Crippen LogP contribution in [-0.4, -0.2) is 23.9 Å². The highest BCUT2D eigenvalue weighted by molar-refractivity contribution is 7.25. The van der Waals surface area contributed by atoms with Gasteiger partial charge in [-0.2, -0.15) is 0 Å². The summed E-state index contributed by atoms with van der Waals surface area (Å²) in [6.45, 7) is 0. The van der Waals surface area contributed by atoms with E-state index in [1.165, 1.54) is 23.5 Å². The van der Waals surface area contributed by atoms with Crippen LogP contribution < -0.4 is 4.91 Å². The summed E-state index contributed by atoms with van der Waals surface area (Å²) < 4.78 is 0.687. The highest BCUT2D eigenvalue weighted by Gasteiger charge is 2.10. The van der Waals surface area contributed by atoms with E-state index in [9.17, 15) is 4.79 Å². The first-order valence-electron chi connectivity index (χ1n) is 3.67. The summed E-state index contributed by atoms with van der Waals surface area (Å²) >= 11 is 7.06. The topological polar surface area (TPSA) is 50.2 Å². The fourth-order valence-electron chi connectivity index (χ4n) is 1.13. The molecule has 0 atom stereocenters. The normalized spacial score (nSPS) is 10.6. The number of rotatable bonds is 1. The zero-order chi connectivity index (χ0) is 10.3. The fraction of sp³-hybridized carbons (Fsp3) is 0. The van der Waals surface area contributed by atoms with Gasteiger partial charge in [0.25, 0.3) is 0 Å². The summed E-state index contributed by atoms with van der Waals surface area (Å²) in [6.07, 6.45) is 0. The zero-order valence-corrected chi connectivity index (χ0v) is 8.39. The van der Waals surface area contributed by atoms with Crippen molar-refractivity contribution in [2.45, 2.75) is 0 Å². The van der Waals surface area contributed by atoms with Gasteiger partial charge in [0.1, 0.15) is 0 Å². The van der Waals surface area contributed by atoms with Crippen LogP contribution in [0.4, 0.5) is 0 Å². The standard InChI is InChI=1S/C8H3BClNO2S/c9-8-11-6-4(10)1-3(7(12)13)2-5(6)14-8/h1-2H,(H,12,13). The second kappa shape index (κ2) is 3.26. The van der Waals surface area contributed by atoms with E-state index in [-0.39, 0.29) is 5.56 Å². The van der Waals surface area contributed by atoms with Crippen molar-refractivity contribution < 1.29 is 9.90 Å². The predicted octanol–water partition coefficient (Wildman–Crippen LogP) is 1.44. The van der Waals surface area contributed by atoms with Crippen molar-refractivity contribution in [2.75, 3.05) is 0 Å². The predicted molar refractivity (Wildman–Crippen MR) is 57.0 cm³/mol. The molecule has 0 amide bonds. The molecule has 1 aromatic heterocycles. The van der Waals surface area contributed by atoms with E-state index in [4.69, 9.17) is 24.6 Å². The molecule has 0 saturated heterocycles. The van der Waals surface area contributed by atoms with E-state index in [2.05, 4.69) is 4.98 Å². The molecule has 14 heavy (non-hydrogen) atoms. The summed E-state index contributed by atoms with van der Waals surface area (Å²) in [6, 6.07) is 2.88. The van der Waals surface area contributed by atoms with Gasteiger partial charge in [0.2, 0.25) is 0 Å². The Morgan fingerprint density at radius 1 is 1.57 bits per heavy atom. The molecule has 3 nitrogen and oxygen atoms in total. The number of thiazole rings is 1. The van der Waals surface area contributed by atoms with E-state index in [1.807, 2.05) is 0 Å². The van der Waals surface area contributed by atoms with Crippen molar-refractivity contribution in [1.82, 2.24) is 4.98 Å². The Morgan fingerprint density at radius 2 is 2.29 bits per heavy atom. The molecule has 0 aliphatic rings. The van der Waals surface area contributed by atoms with Gasteiger partial charge in [-0.15, -0.1) is 11.3 Å². The van der Waals surface area contributed by atoms with Crippen molar-refractivity contribution in [3.05, 3.63) is 22.7 Å². The van der Waals surface area contributed by atoms with Crippen LogP contribution in [0.1, 0.15) is 10.4 Å². The maximum atomic E-state index is 10.7. The molecule has 1 aromatic carbocycles. The van der Waals surface area contributed by atoms with E-state index in [0.29, 0.717) is 20.1 Å². The van der Waals surface area contributed by atoms with E-state index < -0.39 is 5.97 Å². The Balaban J connectivity index is 2.77. The Labute approximate surface area is 89.7 Å². The average molecular weight is 223 g/mol. The largest absolute Gasteiger partial charge is 0.478 e. The second-order valence-corrected chi connectivity index (χ2v) is 4.13. The quantitative estimate of drug-likeness (QED) is 0.744. The number of benzene rings is 1. The van der Waals surface area contributed by atoms with Crippen LogP contribution in [0.5, 0.6) is 0 Å². The van der Waals surface area contributed by atoms with Gasteiger partial charge in [-0.25, -0.2) is 4.79 Å². The number of aromatic carboxylic acids is 1. The number of aromatic nitrogens is 1. The first-order chi connectivity index (χ1) is 6.58. The zero-order valence-electron chi connectivity index (χ0n) is 6.82. The highest BCUT2D eigenvalue weighted by Crippen LogP contribution is 2.25. The molecular formula is C8H3BClNO2S. The number of hydrogen-bond acceptors (Lipinski definition) is 3. The lowest BCUT2D eigenvalue weighted by Gasteiger charge is -1.96. The lowest BCUT2D eigenvalue weighted by atomic mass is 10.2. The van der Waals surface area contributed by atoms with Gasteiger partial charge >= 0.3 is 5.97 Å². The molecule has 2 radical (unpaired) electrons. The van der Waals surface area contributed by atoms with Crippen LogP contribution in [0.3, 0.4) is 0 Å². The van der Waals surface area contributed by atoms with Crippen LogP contribution >= 0.6 is 22.9 Å². The van der Waals surface area contributed by atoms with Gasteiger partial charge in [-0.1, -0.05) is 11.6 Å². The number of carboxylic acid groups (broad SMARTS) is 1. The molecule has 2 rings (SSSR count). The lowest BCUT2D eigenvalue weighted by molar-refractivity contribution is 0.0697. The number of fused-ring (bicyclic) bond motifs is 1. The summed E-state index contributed by atoms with van der Waals surface area (Å²) in [5.74, 6) is -1.01. The summed E-state index contributed by atoms with van der Waals surface area (Å²) in [7, 11) is 5.49. The minimum Gasteiger partial charge on any atom is -0.478 e. The van der Waals surface area contributed by atoms with Gasteiger partial charge in [0.15, 0.2) is 7.85 Å². The van der Waals surface area contributed by atoms with Crippen LogP contribution in [0.25, 0.3) is 10.2 Å². The maximum Gasteiger partial charge on any atom is 0.335 e. The molecule has 0 aliphatic carbocycles. The Morgan fingerprint density at radius 3 is 2.93 bits per heavy atom. The minimum atomic E-state index is -1.01. The molecule has 0 fully saturated rings. The molecule has 0 bridgehead atoms. The van der Waals surface area contributed by atoms with Gasteiger partial charge in [0.05, 0.1) is 20.8 Å². The third kappa shape index (κ3) is 1.49. The number of carboxylic acids is 1. The molecule has 68 valence electrons. The summed E-state index contributed by atoms with van der Waals surface area (Å²) in [5.41, 5.74) is 0.699. The average Bonchev–Trinajstić information content (AvgIpc) is 2.45. The molecule has 1 heterocycles. The molecule has 2 aromatic rings. The van der Waals surface area contributed by atoms with E-state index in [1.54, 1.807) is 0 Å². The SMILES string of the molecule is [B]c1nc2c(Cl)cc(C(=O)O)cc2s1. The fourth-order valence-corrected chi connectivity index (χ4v) is 2.25. The van der Waals surface area contributed by atoms with Crippen LogP contribution in [0.15, 0.2) is 12.1 Å². The van der Waals surface area contributed by atoms with Crippen molar-refractivity contribution in [2.24, 2.45) is 0 Å². The van der Waals surface area contributed by atoms with Crippen molar-refractivity contribution >= 4 is 51.9 Å². The number of nitrogens with zero attached hydrogens (tertiary/aromatic N) is 1. The van der Waals surface area contributed by atoms with Crippen molar-refractivity contribution in [3.63, 3.8) is 0 Å². The van der Waals surface area contributed by atoms with Gasteiger partial charge < -0.3 is 5.11 Å². The second-order valence-electron chi connectivity index (χ2n) is 2.66. The number of hydrogen-bond donors (Lipinski definition) is 1. The first-order valence-corrected chi connectivity index (χ1v) is 4.86. The molecular weight excluding hydrogens is 220 g/mol. The van der Waals surface area contributed by atoms with Crippen molar-refractivity contribution in [3.8, 4) is 0 Å². The molecule has 1 N–H and O–H groups in total. The molecule has 6 heteroatoms. The minimum absolute atomic E-state index is 0.145. The summed E-state index contributed by atoms with van der Waals surface area (Å²) in [4.78, 5) is 15.1.